The lowest BCUT2D eigenvalue weighted by atomic mass is 10.2. The highest BCUT2D eigenvalue weighted by Gasteiger charge is 2.30. The summed E-state index contributed by atoms with van der Waals surface area (Å²) in [7, 11) is -3.90. The lowest BCUT2D eigenvalue weighted by Crippen LogP contribution is -2.52. The zero-order valence-corrected chi connectivity index (χ0v) is 20.9. The molecule has 9 heteroatoms. The molecule has 0 spiro atoms. The van der Waals surface area contributed by atoms with E-state index in [9.17, 15) is 17.6 Å². The lowest BCUT2D eigenvalue weighted by molar-refractivity contribution is -0.131. The monoisotopic (exact) mass is 545 g/mol. The number of nitrogens with zero attached hydrogens (tertiary/aromatic N) is 3. The molecule has 6 nitrogen and oxygen atoms in total. The quantitative estimate of drug-likeness (QED) is 0.448. The van der Waals surface area contributed by atoms with Crippen LogP contribution in [0.5, 0.6) is 0 Å². The van der Waals surface area contributed by atoms with Crippen LogP contribution in [0.2, 0.25) is 0 Å². The van der Waals surface area contributed by atoms with Gasteiger partial charge < -0.3 is 9.80 Å². The molecule has 4 rings (SSSR count). The van der Waals surface area contributed by atoms with Crippen molar-refractivity contribution in [2.45, 2.75) is 11.4 Å². The minimum Gasteiger partial charge on any atom is -0.366 e. The Morgan fingerprint density at radius 2 is 1.50 bits per heavy atom. The Bertz CT molecular complexity index is 1230. The van der Waals surface area contributed by atoms with Crippen molar-refractivity contribution in [3.63, 3.8) is 0 Å². The van der Waals surface area contributed by atoms with Crippen LogP contribution in [-0.2, 0) is 21.4 Å². The summed E-state index contributed by atoms with van der Waals surface area (Å²) in [6.45, 7) is 1.55. The van der Waals surface area contributed by atoms with E-state index < -0.39 is 10.0 Å². The van der Waals surface area contributed by atoms with Crippen molar-refractivity contribution in [2.24, 2.45) is 0 Å². The van der Waals surface area contributed by atoms with E-state index in [1.165, 1.54) is 22.5 Å². The van der Waals surface area contributed by atoms with Gasteiger partial charge in [0, 0.05) is 37.2 Å². The molecule has 1 saturated heterocycles. The van der Waals surface area contributed by atoms with Gasteiger partial charge >= 0.3 is 0 Å². The van der Waals surface area contributed by atoms with Gasteiger partial charge in [-0.1, -0.05) is 58.4 Å². The minimum absolute atomic E-state index is 0.0835. The zero-order valence-electron chi connectivity index (χ0n) is 18.5. The van der Waals surface area contributed by atoms with Crippen molar-refractivity contribution in [1.82, 2.24) is 9.21 Å². The maximum atomic E-state index is 14.1. The summed E-state index contributed by atoms with van der Waals surface area (Å²) in [5.74, 6) is -0.568. The SMILES string of the molecule is O=C(CN(Cc1ccccc1)S(=O)(=O)c1ccc(Br)cc1)N1CCN(c2ccccc2F)CC1. The molecule has 1 aliphatic rings. The van der Waals surface area contributed by atoms with Gasteiger partial charge in [-0.15, -0.1) is 0 Å². The summed E-state index contributed by atoms with van der Waals surface area (Å²) in [6, 6.07) is 22.1. The first kappa shape index (κ1) is 24.4. The highest BCUT2D eigenvalue weighted by atomic mass is 79.9. The molecule has 3 aromatic rings. The first-order valence-electron chi connectivity index (χ1n) is 10.9. The molecule has 34 heavy (non-hydrogen) atoms. The van der Waals surface area contributed by atoms with Gasteiger partial charge in [0.2, 0.25) is 15.9 Å². The Labute approximate surface area is 207 Å². The zero-order chi connectivity index (χ0) is 24.1. The van der Waals surface area contributed by atoms with E-state index in [1.54, 1.807) is 35.2 Å². The van der Waals surface area contributed by atoms with Gasteiger partial charge in [-0.25, -0.2) is 12.8 Å². The van der Waals surface area contributed by atoms with E-state index in [4.69, 9.17) is 0 Å². The summed E-state index contributed by atoms with van der Waals surface area (Å²) in [5.41, 5.74) is 1.30. The van der Waals surface area contributed by atoms with Crippen LogP contribution < -0.4 is 4.90 Å². The normalized spacial score (nSPS) is 14.4. The molecule has 178 valence electrons. The number of carbonyl (C=O) groups excluding carboxylic acids is 1. The van der Waals surface area contributed by atoms with Gasteiger partial charge in [0.05, 0.1) is 17.1 Å². The van der Waals surface area contributed by atoms with Crippen molar-refractivity contribution in [3.8, 4) is 0 Å². The molecule has 0 radical (unpaired) electrons. The van der Waals surface area contributed by atoms with Gasteiger partial charge in [0.15, 0.2) is 0 Å². The molecule has 0 saturated carbocycles. The summed E-state index contributed by atoms with van der Waals surface area (Å²) in [4.78, 5) is 16.8. The number of hydrogen-bond donors (Lipinski definition) is 0. The fourth-order valence-corrected chi connectivity index (χ4v) is 5.57. The molecule has 0 N–H and O–H groups in total. The molecule has 0 aliphatic carbocycles. The smallest absolute Gasteiger partial charge is 0.243 e. The summed E-state index contributed by atoms with van der Waals surface area (Å²) in [6.07, 6.45) is 0. The second kappa shape index (κ2) is 10.7. The molecule has 1 heterocycles. The second-order valence-corrected chi connectivity index (χ2v) is 10.9. The third-order valence-electron chi connectivity index (χ3n) is 5.79. The summed E-state index contributed by atoms with van der Waals surface area (Å²) in [5, 5.41) is 0. The van der Waals surface area contributed by atoms with E-state index in [0.717, 1.165) is 10.0 Å². The standard InChI is InChI=1S/C25H25BrFN3O3S/c26-21-10-12-22(13-11-21)34(32,33)30(18-20-6-2-1-3-7-20)19-25(31)29-16-14-28(15-17-29)24-9-5-4-8-23(24)27/h1-13H,14-19H2. The lowest BCUT2D eigenvalue weighted by Gasteiger charge is -2.37. The van der Waals surface area contributed by atoms with Crippen molar-refractivity contribution in [3.05, 3.63) is 94.7 Å². The van der Waals surface area contributed by atoms with Gasteiger partial charge in [-0.3, -0.25) is 4.79 Å². The third-order valence-corrected chi connectivity index (χ3v) is 8.12. The predicted octanol–water partition coefficient (Wildman–Crippen LogP) is 4.13. The van der Waals surface area contributed by atoms with Crippen LogP contribution in [0.1, 0.15) is 5.56 Å². The molecule has 0 atom stereocenters. The topological polar surface area (TPSA) is 60.9 Å². The van der Waals surface area contributed by atoms with Crippen molar-refractivity contribution < 1.29 is 17.6 Å². The Morgan fingerprint density at radius 1 is 0.882 bits per heavy atom. The fraction of sp³-hybridized carbons (Fsp3) is 0.240. The van der Waals surface area contributed by atoms with E-state index in [1.807, 2.05) is 35.2 Å². The van der Waals surface area contributed by atoms with Crippen LogP contribution in [0.25, 0.3) is 0 Å². The number of piperazine rings is 1. The van der Waals surface area contributed by atoms with E-state index in [0.29, 0.717) is 31.9 Å². The number of halogens is 2. The van der Waals surface area contributed by atoms with Crippen molar-refractivity contribution in [2.75, 3.05) is 37.6 Å². The van der Waals surface area contributed by atoms with Crippen LogP contribution in [0.4, 0.5) is 10.1 Å². The first-order chi connectivity index (χ1) is 16.3. The first-order valence-corrected chi connectivity index (χ1v) is 13.1. The summed E-state index contributed by atoms with van der Waals surface area (Å²) < 4.78 is 43.0. The fourth-order valence-electron chi connectivity index (χ4n) is 3.92. The molecule has 1 fully saturated rings. The van der Waals surface area contributed by atoms with E-state index in [2.05, 4.69) is 15.9 Å². The highest BCUT2D eigenvalue weighted by Crippen LogP contribution is 2.23. The Balaban J connectivity index is 1.49. The molecule has 1 aliphatic heterocycles. The molecule has 0 unspecified atom stereocenters. The number of carbonyl (C=O) groups is 1. The van der Waals surface area contributed by atoms with Crippen molar-refractivity contribution in [1.29, 1.82) is 0 Å². The van der Waals surface area contributed by atoms with E-state index >= 15 is 0 Å². The Kier molecular flexibility index (Phi) is 7.65. The van der Waals surface area contributed by atoms with Crippen LogP contribution >= 0.6 is 15.9 Å². The maximum absolute atomic E-state index is 14.1. The average Bonchev–Trinajstić information content (AvgIpc) is 2.85. The molecular weight excluding hydrogens is 521 g/mol. The minimum atomic E-state index is -3.90. The van der Waals surface area contributed by atoms with Crippen LogP contribution in [0.3, 0.4) is 0 Å². The van der Waals surface area contributed by atoms with Gasteiger partial charge in [0.25, 0.3) is 0 Å². The molecular formula is C25H25BrFN3O3S. The number of benzene rings is 3. The van der Waals surface area contributed by atoms with Gasteiger partial charge in [-0.05, 0) is 42.0 Å². The third kappa shape index (κ3) is 5.65. The maximum Gasteiger partial charge on any atom is 0.243 e. The molecule has 0 aromatic heterocycles. The molecule has 3 aromatic carbocycles. The largest absolute Gasteiger partial charge is 0.366 e. The molecule has 0 bridgehead atoms. The Morgan fingerprint density at radius 3 is 2.15 bits per heavy atom. The highest BCUT2D eigenvalue weighted by molar-refractivity contribution is 9.10. The summed E-state index contributed by atoms with van der Waals surface area (Å²) >= 11 is 3.32. The number of amides is 1. The number of anilines is 1. The number of sulfonamides is 1. The number of hydrogen-bond acceptors (Lipinski definition) is 4. The van der Waals surface area contributed by atoms with Crippen LogP contribution in [0.15, 0.2) is 88.2 Å². The van der Waals surface area contributed by atoms with Gasteiger partial charge in [0.1, 0.15) is 5.82 Å². The van der Waals surface area contributed by atoms with Crippen LogP contribution in [-0.4, -0.2) is 56.3 Å². The predicted molar refractivity (Wildman–Crippen MR) is 133 cm³/mol. The Hall–Kier alpha value is -2.75. The average molecular weight is 546 g/mol. The number of para-hydroxylation sites is 1. The van der Waals surface area contributed by atoms with E-state index in [-0.39, 0.29) is 29.7 Å². The van der Waals surface area contributed by atoms with Crippen LogP contribution in [0, 0.1) is 5.82 Å². The van der Waals surface area contributed by atoms with Crippen molar-refractivity contribution >= 4 is 37.5 Å². The number of rotatable bonds is 7. The second-order valence-electron chi connectivity index (χ2n) is 8.03. The van der Waals surface area contributed by atoms with Gasteiger partial charge in [-0.2, -0.15) is 4.31 Å². The molecule has 1 amide bonds.